The van der Waals surface area contributed by atoms with E-state index < -0.39 is 16.1 Å². The van der Waals surface area contributed by atoms with Crippen molar-refractivity contribution in [3.8, 4) is 11.5 Å². The maximum absolute atomic E-state index is 12.3. The fraction of sp³-hybridized carbons (Fsp3) is 0.143. The molecular formula is C14H13NO4S. The topological polar surface area (TPSA) is 75.6 Å². The molecule has 0 saturated carbocycles. The molecule has 104 valence electrons. The van der Waals surface area contributed by atoms with Crippen molar-refractivity contribution in [1.29, 1.82) is 0 Å². The van der Waals surface area contributed by atoms with E-state index >= 15 is 0 Å². The minimum absolute atomic E-state index is 0.0264. The highest BCUT2D eigenvalue weighted by Crippen LogP contribution is 2.32. The molecule has 1 aliphatic heterocycles. The Morgan fingerprint density at radius 1 is 1.10 bits per heavy atom. The summed E-state index contributed by atoms with van der Waals surface area (Å²) in [6.45, 7) is 0.274. The summed E-state index contributed by atoms with van der Waals surface area (Å²) in [4.78, 5) is 0.111. The van der Waals surface area contributed by atoms with Gasteiger partial charge in [-0.15, -0.1) is 0 Å². The van der Waals surface area contributed by atoms with Gasteiger partial charge in [0, 0.05) is 5.56 Å². The summed E-state index contributed by atoms with van der Waals surface area (Å²) in [6, 6.07) is 12.3. The van der Waals surface area contributed by atoms with Crippen LogP contribution in [0.2, 0.25) is 0 Å². The van der Waals surface area contributed by atoms with Gasteiger partial charge >= 0.3 is 0 Å². The molecule has 1 unspecified atom stereocenters. The van der Waals surface area contributed by atoms with Crippen LogP contribution in [-0.4, -0.2) is 20.1 Å². The van der Waals surface area contributed by atoms with Crippen LogP contribution in [0, 0.1) is 0 Å². The summed E-state index contributed by atoms with van der Waals surface area (Å²) in [5.74, 6) is 0.726. The molecule has 0 saturated heterocycles. The second-order valence-corrected chi connectivity index (χ2v) is 6.23. The van der Waals surface area contributed by atoms with Crippen LogP contribution in [0.25, 0.3) is 0 Å². The number of aromatic hydroxyl groups is 1. The molecule has 0 spiro atoms. The van der Waals surface area contributed by atoms with E-state index in [1.807, 2.05) is 24.3 Å². The van der Waals surface area contributed by atoms with Crippen molar-refractivity contribution in [2.24, 2.45) is 0 Å². The van der Waals surface area contributed by atoms with Crippen LogP contribution in [-0.2, 0) is 10.0 Å². The predicted molar refractivity (Wildman–Crippen MR) is 73.1 cm³/mol. The van der Waals surface area contributed by atoms with Gasteiger partial charge < -0.3 is 9.84 Å². The van der Waals surface area contributed by atoms with Gasteiger partial charge in [0.2, 0.25) is 10.0 Å². The zero-order valence-corrected chi connectivity index (χ0v) is 11.3. The molecule has 20 heavy (non-hydrogen) atoms. The van der Waals surface area contributed by atoms with E-state index in [1.54, 1.807) is 0 Å². The molecule has 1 heterocycles. The number of ether oxygens (including phenoxy) is 1. The number of rotatable bonds is 3. The lowest BCUT2D eigenvalue weighted by molar-refractivity contribution is 0.325. The highest BCUT2D eigenvalue weighted by molar-refractivity contribution is 7.89. The molecule has 1 aliphatic rings. The Morgan fingerprint density at radius 3 is 2.55 bits per heavy atom. The number of phenols is 1. The van der Waals surface area contributed by atoms with Crippen molar-refractivity contribution >= 4 is 10.0 Å². The summed E-state index contributed by atoms with van der Waals surface area (Å²) in [6.07, 6.45) is 0. The van der Waals surface area contributed by atoms with Crippen molar-refractivity contribution in [1.82, 2.24) is 4.72 Å². The minimum Gasteiger partial charge on any atom is -0.508 e. The average Bonchev–Trinajstić information content (AvgIpc) is 2.82. The van der Waals surface area contributed by atoms with Crippen molar-refractivity contribution in [3.05, 3.63) is 54.1 Å². The third-order valence-electron chi connectivity index (χ3n) is 3.14. The zero-order chi connectivity index (χ0) is 14.2. The Labute approximate surface area is 116 Å². The van der Waals surface area contributed by atoms with Crippen molar-refractivity contribution in [3.63, 3.8) is 0 Å². The lowest BCUT2D eigenvalue weighted by atomic mass is 10.1. The van der Waals surface area contributed by atoms with Gasteiger partial charge in [-0.3, -0.25) is 0 Å². The normalized spacial score (nSPS) is 17.5. The van der Waals surface area contributed by atoms with Crippen LogP contribution >= 0.6 is 0 Å². The Morgan fingerprint density at radius 2 is 1.80 bits per heavy atom. The fourth-order valence-corrected chi connectivity index (χ4v) is 3.34. The molecular weight excluding hydrogens is 278 g/mol. The fourth-order valence-electron chi connectivity index (χ4n) is 2.14. The van der Waals surface area contributed by atoms with Gasteiger partial charge in [-0.2, -0.15) is 0 Å². The van der Waals surface area contributed by atoms with Crippen molar-refractivity contribution < 1.29 is 18.3 Å². The standard InChI is InChI=1S/C14H13NO4S/c16-10-5-7-11(8-6-10)20(17,18)15-13-9-19-14-4-2-1-3-12(13)14/h1-8,13,15-16H,9H2. The summed E-state index contributed by atoms with van der Waals surface area (Å²) in [7, 11) is -3.64. The highest BCUT2D eigenvalue weighted by Gasteiger charge is 2.28. The first-order chi connectivity index (χ1) is 9.56. The molecule has 0 aliphatic carbocycles. The van der Waals surface area contributed by atoms with Crippen LogP contribution in [0.15, 0.2) is 53.4 Å². The summed E-state index contributed by atoms with van der Waals surface area (Å²) >= 11 is 0. The van der Waals surface area contributed by atoms with Crippen LogP contribution < -0.4 is 9.46 Å². The smallest absolute Gasteiger partial charge is 0.241 e. The lowest BCUT2D eigenvalue weighted by Gasteiger charge is -2.12. The number of hydrogen-bond donors (Lipinski definition) is 2. The summed E-state index contributed by atoms with van der Waals surface area (Å²) < 4.78 is 32.6. The van der Waals surface area contributed by atoms with E-state index in [9.17, 15) is 13.5 Å². The van der Waals surface area contributed by atoms with Gasteiger partial charge in [-0.25, -0.2) is 13.1 Å². The Hall–Kier alpha value is -2.05. The quantitative estimate of drug-likeness (QED) is 0.904. The molecule has 2 aromatic carbocycles. The monoisotopic (exact) mass is 291 g/mol. The lowest BCUT2D eigenvalue weighted by Crippen LogP contribution is -2.29. The molecule has 1 atom stereocenters. The van der Waals surface area contributed by atoms with E-state index in [2.05, 4.69) is 4.72 Å². The van der Waals surface area contributed by atoms with Gasteiger partial charge in [-0.1, -0.05) is 18.2 Å². The van der Waals surface area contributed by atoms with Crippen molar-refractivity contribution in [2.45, 2.75) is 10.9 Å². The number of fused-ring (bicyclic) bond motifs is 1. The number of sulfonamides is 1. The first-order valence-electron chi connectivity index (χ1n) is 6.09. The van der Waals surface area contributed by atoms with Crippen LogP contribution in [0.3, 0.4) is 0 Å². The average molecular weight is 291 g/mol. The Balaban J connectivity index is 1.86. The molecule has 2 aromatic rings. The Bertz CT molecular complexity index is 725. The number of phenolic OH excluding ortho intramolecular Hbond substituents is 1. The first-order valence-corrected chi connectivity index (χ1v) is 7.58. The largest absolute Gasteiger partial charge is 0.508 e. The molecule has 0 radical (unpaired) electrons. The number of para-hydroxylation sites is 1. The van der Waals surface area contributed by atoms with E-state index in [0.29, 0.717) is 5.75 Å². The third kappa shape index (κ3) is 2.35. The van der Waals surface area contributed by atoms with Gasteiger partial charge in [0.1, 0.15) is 18.1 Å². The summed E-state index contributed by atoms with van der Waals surface area (Å²) in [5, 5.41) is 9.20. The minimum atomic E-state index is -3.64. The van der Waals surface area contributed by atoms with Crippen LogP contribution in [0.1, 0.15) is 11.6 Å². The van der Waals surface area contributed by atoms with Gasteiger partial charge in [0.05, 0.1) is 10.9 Å². The van der Waals surface area contributed by atoms with E-state index in [0.717, 1.165) is 5.56 Å². The molecule has 5 nitrogen and oxygen atoms in total. The molecule has 2 N–H and O–H groups in total. The van der Waals surface area contributed by atoms with Crippen LogP contribution in [0.5, 0.6) is 11.5 Å². The second kappa shape index (κ2) is 4.81. The number of benzene rings is 2. The third-order valence-corrected chi connectivity index (χ3v) is 4.63. The maximum Gasteiger partial charge on any atom is 0.241 e. The molecule has 0 fully saturated rings. The number of nitrogens with one attached hydrogen (secondary N) is 1. The van der Waals surface area contributed by atoms with Crippen LogP contribution in [0.4, 0.5) is 0 Å². The van der Waals surface area contributed by atoms with Gasteiger partial charge in [0.15, 0.2) is 0 Å². The second-order valence-electron chi connectivity index (χ2n) is 4.52. The first kappa shape index (κ1) is 13.0. The van der Waals surface area contributed by atoms with Gasteiger partial charge in [-0.05, 0) is 30.3 Å². The molecule has 0 bridgehead atoms. The summed E-state index contributed by atoms with van der Waals surface area (Å²) in [5.41, 5.74) is 0.829. The highest BCUT2D eigenvalue weighted by atomic mass is 32.2. The van der Waals surface area contributed by atoms with E-state index in [4.69, 9.17) is 4.74 Å². The molecule has 6 heteroatoms. The molecule has 0 aromatic heterocycles. The SMILES string of the molecule is O=S(=O)(NC1COc2ccccc21)c1ccc(O)cc1. The maximum atomic E-state index is 12.3. The number of hydrogen-bond acceptors (Lipinski definition) is 4. The predicted octanol–water partition coefficient (Wildman–Crippen LogP) is 1.80. The molecule has 0 amide bonds. The van der Waals surface area contributed by atoms with Crippen molar-refractivity contribution in [2.75, 3.05) is 6.61 Å². The molecule has 3 rings (SSSR count). The Kier molecular flexibility index (Phi) is 3.11. The van der Waals surface area contributed by atoms with Gasteiger partial charge in [0.25, 0.3) is 0 Å². The van der Waals surface area contributed by atoms with E-state index in [-0.39, 0.29) is 17.3 Å². The zero-order valence-electron chi connectivity index (χ0n) is 10.5. The van der Waals surface area contributed by atoms with E-state index in [1.165, 1.54) is 24.3 Å².